The average molecular weight is 380 g/mol. The Balaban J connectivity index is 0.00000192. The van der Waals surface area contributed by atoms with Gasteiger partial charge in [-0.05, 0) is 42.5 Å². The highest BCUT2D eigenvalue weighted by atomic mass is 35.5. The second-order valence-corrected chi connectivity index (χ2v) is 6.94. The summed E-state index contributed by atoms with van der Waals surface area (Å²) >= 11 is 12.4. The van der Waals surface area contributed by atoms with Crippen LogP contribution >= 0.6 is 35.6 Å². The second-order valence-electron chi connectivity index (χ2n) is 6.10. The normalized spacial score (nSPS) is 19.7. The molecule has 0 saturated carbocycles. The van der Waals surface area contributed by atoms with Crippen molar-refractivity contribution in [1.82, 2.24) is 4.90 Å². The van der Waals surface area contributed by atoms with Crippen LogP contribution in [0.1, 0.15) is 24.0 Å². The molecule has 2 aliphatic rings. The van der Waals surface area contributed by atoms with Crippen molar-refractivity contribution in [2.24, 2.45) is 11.1 Å². The highest BCUT2D eigenvalue weighted by molar-refractivity contribution is 6.35. The van der Waals surface area contributed by atoms with Crippen LogP contribution in [0.5, 0.6) is 0 Å². The highest BCUT2D eigenvalue weighted by Crippen LogP contribution is 2.35. The summed E-state index contributed by atoms with van der Waals surface area (Å²) in [6, 6.07) is 3.68. The summed E-state index contributed by atoms with van der Waals surface area (Å²) in [5.41, 5.74) is 7.61. The van der Waals surface area contributed by atoms with Crippen LogP contribution in [0.15, 0.2) is 12.1 Å². The van der Waals surface area contributed by atoms with Gasteiger partial charge in [-0.25, -0.2) is 0 Å². The molecule has 7 heteroatoms. The molecule has 0 aliphatic carbocycles. The van der Waals surface area contributed by atoms with E-state index in [-0.39, 0.29) is 18.3 Å². The number of amides is 1. The van der Waals surface area contributed by atoms with Crippen LogP contribution in [0.3, 0.4) is 0 Å². The molecular weight excluding hydrogens is 359 g/mol. The van der Waals surface area contributed by atoms with Crippen molar-refractivity contribution >= 4 is 41.5 Å². The molecule has 2 heterocycles. The van der Waals surface area contributed by atoms with Crippen LogP contribution in [0, 0.1) is 5.41 Å². The van der Waals surface area contributed by atoms with Gasteiger partial charge in [0.2, 0.25) is 5.91 Å². The number of rotatable bonds is 2. The van der Waals surface area contributed by atoms with Gasteiger partial charge in [-0.2, -0.15) is 0 Å². The third kappa shape index (κ3) is 3.62. The predicted molar refractivity (Wildman–Crippen MR) is 94.4 cm³/mol. The first-order valence-electron chi connectivity index (χ1n) is 7.60. The number of nitrogens with zero attached hydrogens (tertiary/aromatic N) is 1. The van der Waals surface area contributed by atoms with Crippen LogP contribution in [-0.2, 0) is 22.5 Å². The number of halogens is 3. The molecule has 0 aromatic heterocycles. The number of hydrogen-bond acceptors (Lipinski definition) is 3. The second kappa shape index (κ2) is 7.58. The summed E-state index contributed by atoms with van der Waals surface area (Å²) < 4.78 is 5.39. The molecule has 1 aromatic rings. The molecule has 1 saturated heterocycles. The molecular formula is C16H21Cl3N2O2. The van der Waals surface area contributed by atoms with E-state index in [1.54, 1.807) is 6.07 Å². The zero-order chi connectivity index (χ0) is 15.7. The molecule has 0 spiro atoms. The Morgan fingerprint density at radius 1 is 1.30 bits per heavy atom. The minimum Gasteiger partial charge on any atom is -0.381 e. The SMILES string of the molecule is Cl.NCC1(C(=O)N2CCc3cc(Cl)cc(Cl)c3C2)CCOCC1. The summed E-state index contributed by atoms with van der Waals surface area (Å²) in [5.74, 6) is 0.134. The molecule has 4 nitrogen and oxygen atoms in total. The van der Waals surface area contributed by atoms with Crippen molar-refractivity contribution in [3.05, 3.63) is 33.3 Å². The number of fused-ring (bicyclic) bond motifs is 1. The van der Waals surface area contributed by atoms with Gasteiger partial charge in [0.05, 0.1) is 5.41 Å². The summed E-state index contributed by atoms with van der Waals surface area (Å²) in [6.07, 6.45) is 2.17. The van der Waals surface area contributed by atoms with Gasteiger partial charge in [-0.15, -0.1) is 12.4 Å². The molecule has 0 unspecified atom stereocenters. The smallest absolute Gasteiger partial charge is 0.230 e. The van der Waals surface area contributed by atoms with Gasteiger partial charge in [0.25, 0.3) is 0 Å². The molecule has 3 rings (SSSR count). The van der Waals surface area contributed by atoms with Gasteiger partial charge < -0.3 is 15.4 Å². The molecule has 1 amide bonds. The Kier molecular flexibility index (Phi) is 6.20. The van der Waals surface area contributed by atoms with E-state index in [9.17, 15) is 4.79 Å². The molecule has 0 radical (unpaired) electrons. The average Bonchev–Trinajstić information content (AvgIpc) is 2.54. The maximum Gasteiger partial charge on any atom is 0.230 e. The third-order valence-corrected chi connectivity index (χ3v) is 5.39. The first kappa shape index (κ1) is 18.8. The topological polar surface area (TPSA) is 55.6 Å². The van der Waals surface area contributed by atoms with E-state index in [2.05, 4.69) is 0 Å². The van der Waals surface area contributed by atoms with Gasteiger partial charge in [-0.1, -0.05) is 23.2 Å². The number of benzene rings is 1. The molecule has 2 N–H and O–H groups in total. The van der Waals surface area contributed by atoms with Gasteiger partial charge in [-0.3, -0.25) is 4.79 Å². The third-order valence-electron chi connectivity index (χ3n) is 4.83. The van der Waals surface area contributed by atoms with Gasteiger partial charge in [0.15, 0.2) is 0 Å². The van der Waals surface area contributed by atoms with Gasteiger partial charge >= 0.3 is 0 Å². The van der Waals surface area contributed by atoms with Crippen molar-refractivity contribution in [3.8, 4) is 0 Å². The zero-order valence-corrected chi connectivity index (χ0v) is 15.1. The van der Waals surface area contributed by atoms with Gasteiger partial charge in [0, 0.05) is 42.9 Å². The predicted octanol–water partition coefficient (Wildman–Crippen LogP) is 3.06. The summed E-state index contributed by atoms with van der Waals surface area (Å²) in [5, 5.41) is 1.28. The highest BCUT2D eigenvalue weighted by Gasteiger charge is 2.42. The quantitative estimate of drug-likeness (QED) is 0.859. The molecule has 1 aromatic carbocycles. The van der Waals surface area contributed by atoms with E-state index < -0.39 is 5.41 Å². The number of carbonyl (C=O) groups is 1. The summed E-state index contributed by atoms with van der Waals surface area (Å²) in [6.45, 7) is 2.79. The van der Waals surface area contributed by atoms with E-state index >= 15 is 0 Å². The van der Waals surface area contributed by atoms with Crippen LogP contribution in [0.25, 0.3) is 0 Å². The Morgan fingerprint density at radius 2 is 2.00 bits per heavy atom. The summed E-state index contributed by atoms with van der Waals surface area (Å²) in [4.78, 5) is 14.9. The molecule has 0 bridgehead atoms. The molecule has 0 atom stereocenters. The largest absolute Gasteiger partial charge is 0.381 e. The van der Waals surface area contributed by atoms with E-state index in [0.29, 0.717) is 55.7 Å². The van der Waals surface area contributed by atoms with Crippen molar-refractivity contribution in [2.75, 3.05) is 26.3 Å². The lowest BCUT2D eigenvalue weighted by Crippen LogP contribution is -2.52. The Hall–Kier alpha value is -0.520. The van der Waals surface area contributed by atoms with E-state index in [1.807, 2.05) is 11.0 Å². The van der Waals surface area contributed by atoms with Crippen LogP contribution < -0.4 is 5.73 Å². The van der Waals surface area contributed by atoms with E-state index in [0.717, 1.165) is 17.5 Å². The van der Waals surface area contributed by atoms with Crippen LogP contribution in [-0.4, -0.2) is 37.1 Å². The Bertz CT molecular complexity index is 589. The van der Waals surface area contributed by atoms with Crippen LogP contribution in [0.2, 0.25) is 10.0 Å². The fourth-order valence-corrected chi connectivity index (χ4v) is 3.95. The number of carbonyl (C=O) groups excluding carboxylic acids is 1. The lowest BCUT2D eigenvalue weighted by atomic mass is 9.78. The first-order chi connectivity index (χ1) is 10.6. The van der Waals surface area contributed by atoms with E-state index in [1.165, 1.54) is 0 Å². The van der Waals surface area contributed by atoms with Crippen LogP contribution in [0.4, 0.5) is 0 Å². The maximum atomic E-state index is 13.0. The lowest BCUT2D eigenvalue weighted by molar-refractivity contribution is -0.148. The minimum atomic E-state index is -0.478. The fraction of sp³-hybridized carbons (Fsp3) is 0.562. The standard InChI is InChI=1S/C16H20Cl2N2O2.ClH/c17-12-7-11-1-4-20(9-13(11)14(18)8-12)15(21)16(10-19)2-5-22-6-3-16;/h7-8H,1-6,9-10,19H2;1H. The zero-order valence-electron chi connectivity index (χ0n) is 12.8. The van der Waals surface area contributed by atoms with Crippen molar-refractivity contribution in [3.63, 3.8) is 0 Å². The molecule has 2 aliphatic heterocycles. The number of ether oxygens (including phenoxy) is 1. The van der Waals surface area contributed by atoms with Crippen molar-refractivity contribution in [1.29, 1.82) is 0 Å². The van der Waals surface area contributed by atoms with Crippen molar-refractivity contribution in [2.45, 2.75) is 25.8 Å². The maximum absolute atomic E-state index is 13.0. The molecule has 1 fully saturated rings. The number of nitrogens with two attached hydrogens (primary N) is 1. The lowest BCUT2D eigenvalue weighted by Gasteiger charge is -2.40. The Morgan fingerprint density at radius 3 is 2.65 bits per heavy atom. The fourth-order valence-electron chi connectivity index (χ4n) is 3.36. The minimum absolute atomic E-state index is 0. The Labute approximate surface area is 152 Å². The van der Waals surface area contributed by atoms with Crippen molar-refractivity contribution < 1.29 is 9.53 Å². The molecule has 23 heavy (non-hydrogen) atoms. The van der Waals surface area contributed by atoms with Gasteiger partial charge in [0.1, 0.15) is 0 Å². The number of hydrogen-bond donors (Lipinski definition) is 1. The van der Waals surface area contributed by atoms with E-state index in [4.69, 9.17) is 33.7 Å². The first-order valence-corrected chi connectivity index (χ1v) is 8.35. The summed E-state index contributed by atoms with van der Waals surface area (Å²) in [7, 11) is 0. The monoisotopic (exact) mass is 378 g/mol. The molecule has 128 valence electrons.